The maximum atomic E-state index is 11.6. The zero-order valence-corrected chi connectivity index (χ0v) is 11.2. The number of carbonyl (C=O) groups excluding carboxylic acids is 1. The van der Waals surface area contributed by atoms with Gasteiger partial charge < -0.3 is 10.5 Å². The van der Waals surface area contributed by atoms with Gasteiger partial charge in [0.2, 0.25) is 5.95 Å². The first kappa shape index (κ1) is 13.6. The normalized spacial score (nSPS) is 10.4. The van der Waals surface area contributed by atoms with Gasteiger partial charge in [-0.05, 0) is 6.07 Å². The third-order valence-corrected chi connectivity index (χ3v) is 3.12. The second kappa shape index (κ2) is 5.90. The van der Waals surface area contributed by atoms with Gasteiger partial charge in [-0.15, -0.1) is 5.10 Å². The fourth-order valence-corrected chi connectivity index (χ4v) is 1.76. The van der Waals surface area contributed by atoms with Crippen LogP contribution >= 0.6 is 23.2 Å². The van der Waals surface area contributed by atoms with Gasteiger partial charge in [-0.25, -0.2) is 9.67 Å². The van der Waals surface area contributed by atoms with E-state index in [4.69, 9.17) is 33.7 Å². The Hall–Kier alpha value is -1.79. The minimum atomic E-state index is -0.471. The molecule has 1 aromatic carbocycles. The average Bonchev–Trinajstić information content (AvgIpc) is 2.76. The highest BCUT2D eigenvalue weighted by Gasteiger charge is 2.09. The SMILES string of the molecule is Nc1ncn(CC(=O)OCc2cccc(Cl)c2Cl)n1. The van der Waals surface area contributed by atoms with E-state index in [0.29, 0.717) is 15.6 Å². The topological polar surface area (TPSA) is 83.0 Å². The number of hydrogen-bond donors (Lipinski definition) is 1. The second-order valence-electron chi connectivity index (χ2n) is 3.67. The number of carbonyl (C=O) groups is 1. The Morgan fingerprint density at radius 2 is 2.21 bits per heavy atom. The molecule has 0 bridgehead atoms. The predicted molar refractivity (Wildman–Crippen MR) is 70.7 cm³/mol. The fourth-order valence-electron chi connectivity index (χ4n) is 1.38. The Kier molecular flexibility index (Phi) is 4.24. The molecule has 0 unspecified atom stereocenters. The van der Waals surface area contributed by atoms with E-state index in [2.05, 4.69) is 10.1 Å². The van der Waals surface area contributed by atoms with Gasteiger partial charge in [0.1, 0.15) is 19.5 Å². The van der Waals surface area contributed by atoms with Gasteiger partial charge in [0, 0.05) is 5.56 Å². The van der Waals surface area contributed by atoms with Crippen molar-refractivity contribution in [3.05, 3.63) is 40.1 Å². The summed E-state index contributed by atoms with van der Waals surface area (Å²) in [5.74, 6) is -0.369. The van der Waals surface area contributed by atoms with Crippen LogP contribution in [0.4, 0.5) is 5.95 Å². The van der Waals surface area contributed by atoms with Crippen molar-refractivity contribution in [3.63, 3.8) is 0 Å². The highest BCUT2D eigenvalue weighted by atomic mass is 35.5. The molecule has 19 heavy (non-hydrogen) atoms. The molecule has 8 heteroatoms. The Morgan fingerprint density at radius 3 is 2.89 bits per heavy atom. The molecule has 0 amide bonds. The maximum Gasteiger partial charge on any atom is 0.328 e. The molecule has 2 aromatic rings. The summed E-state index contributed by atoms with van der Waals surface area (Å²) in [6.45, 7) is -0.0230. The fraction of sp³-hybridized carbons (Fsp3) is 0.182. The number of esters is 1. The Morgan fingerprint density at radius 1 is 1.42 bits per heavy atom. The highest BCUT2D eigenvalue weighted by Crippen LogP contribution is 2.25. The van der Waals surface area contributed by atoms with Crippen LogP contribution in [0.5, 0.6) is 0 Å². The summed E-state index contributed by atoms with van der Waals surface area (Å²) >= 11 is 11.8. The van der Waals surface area contributed by atoms with Gasteiger partial charge >= 0.3 is 5.97 Å². The lowest BCUT2D eigenvalue weighted by Gasteiger charge is -2.07. The van der Waals surface area contributed by atoms with Crippen molar-refractivity contribution in [1.82, 2.24) is 14.8 Å². The first-order valence-corrected chi connectivity index (χ1v) is 6.05. The molecule has 0 aliphatic carbocycles. The Bertz CT molecular complexity index is 600. The lowest BCUT2D eigenvalue weighted by molar-refractivity contribution is -0.145. The van der Waals surface area contributed by atoms with Crippen LogP contribution in [0.3, 0.4) is 0 Å². The first-order chi connectivity index (χ1) is 9.06. The molecule has 0 saturated heterocycles. The lowest BCUT2D eigenvalue weighted by atomic mass is 10.2. The molecule has 0 radical (unpaired) electrons. The summed E-state index contributed by atoms with van der Waals surface area (Å²) < 4.78 is 6.35. The van der Waals surface area contributed by atoms with Crippen LogP contribution in [-0.2, 0) is 22.7 Å². The van der Waals surface area contributed by atoms with Crippen molar-refractivity contribution in [2.45, 2.75) is 13.2 Å². The van der Waals surface area contributed by atoms with Crippen LogP contribution in [0.15, 0.2) is 24.5 Å². The minimum absolute atomic E-state index is 0.0441. The third-order valence-electron chi connectivity index (χ3n) is 2.27. The molecule has 0 saturated carbocycles. The van der Waals surface area contributed by atoms with E-state index in [9.17, 15) is 4.79 Å². The van der Waals surface area contributed by atoms with Crippen LogP contribution < -0.4 is 5.73 Å². The standard InChI is InChI=1S/C11H10Cl2N4O2/c12-8-3-1-2-7(10(8)13)5-19-9(18)4-17-6-15-11(14)16-17/h1-3,6H,4-5H2,(H2,14,16). The zero-order valence-electron chi connectivity index (χ0n) is 9.72. The number of hydrogen-bond acceptors (Lipinski definition) is 5. The van der Waals surface area contributed by atoms with Gasteiger partial charge in [-0.2, -0.15) is 0 Å². The van der Waals surface area contributed by atoms with Gasteiger partial charge in [0.15, 0.2) is 0 Å². The third kappa shape index (κ3) is 3.59. The van der Waals surface area contributed by atoms with Gasteiger partial charge in [-0.1, -0.05) is 35.3 Å². The van der Waals surface area contributed by atoms with Crippen LogP contribution in [0.1, 0.15) is 5.56 Å². The van der Waals surface area contributed by atoms with Crippen LogP contribution in [0, 0.1) is 0 Å². The van der Waals surface area contributed by atoms with Crippen molar-refractivity contribution in [2.75, 3.05) is 5.73 Å². The summed E-state index contributed by atoms with van der Waals surface area (Å²) in [4.78, 5) is 15.3. The number of nitrogen functional groups attached to an aromatic ring is 1. The number of nitrogens with zero attached hydrogens (tertiary/aromatic N) is 3. The minimum Gasteiger partial charge on any atom is -0.459 e. The number of benzene rings is 1. The molecule has 2 N–H and O–H groups in total. The first-order valence-electron chi connectivity index (χ1n) is 5.29. The van der Waals surface area contributed by atoms with Gasteiger partial charge in [-0.3, -0.25) is 4.79 Å². The number of rotatable bonds is 4. The predicted octanol–water partition coefficient (Wildman–Crippen LogP) is 1.91. The summed E-state index contributed by atoms with van der Waals surface area (Å²) in [6.07, 6.45) is 1.35. The maximum absolute atomic E-state index is 11.6. The molecule has 0 atom stereocenters. The van der Waals surface area contributed by atoms with E-state index in [1.165, 1.54) is 11.0 Å². The number of ether oxygens (including phenoxy) is 1. The molecule has 1 heterocycles. The summed E-state index contributed by atoms with van der Waals surface area (Å²) in [6, 6.07) is 5.12. The quantitative estimate of drug-likeness (QED) is 0.872. The Labute approximate surface area is 119 Å². The van der Waals surface area contributed by atoms with Crippen LogP contribution in [0.25, 0.3) is 0 Å². The largest absolute Gasteiger partial charge is 0.459 e. The highest BCUT2D eigenvalue weighted by molar-refractivity contribution is 6.42. The summed E-state index contributed by atoms with van der Waals surface area (Å²) in [5.41, 5.74) is 5.97. The molecule has 0 fully saturated rings. The van der Waals surface area contributed by atoms with E-state index < -0.39 is 5.97 Å². The van der Waals surface area contributed by atoms with Crippen molar-refractivity contribution in [2.24, 2.45) is 0 Å². The molecule has 1 aromatic heterocycles. The van der Waals surface area contributed by atoms with E-state index in [1.54, 1.807) is 18.2 Å². The van der Waals surface area contributed by atoms with E-state index in [-0.39, 0.29) is 19.1 Å². The van der Waals surface area contributed by atoms with Crippen molar-refractivity contribution in [3.8, 4) is 0 Å². The Balaban J connectivity index is 1.91. The molecular weight excluding hydrogens is 291 g/mol. The monoisotopic (exact) mass is 300 g/mol. The molecule has 2 rings (SSSR count). The molecule has 0 aliphatic rings. The zero-order chi connectivity index (χ0) is 13.8. The van der Waals surface area contributed by atoms with Crippen LogP contribution in [0.2, 0.25) is 10.0 Å². The van der Waals surface area contributed by atoms with Crippen LogP contribution in [-0.4, -0.2) is 20.7 Å². The second-order valence-corrected chi connectivity index (χ2v) is 4.46. The van der Waals surface area contributed by atoms with Crippen molar-refractivity contribution >= 4 is 35.1 Å². The van der Waals surface area contributed by atoms with E-state index in [0.717, 1.165) is 0 Å². The number of aromatic nitrogens is 3. The van der Waals surface area contributed by atoms with E-state index in [1.807, 2.05) is 0 Å². The summed E-state index contributed by atoms with van der Waals surface area (Å²) in [5, 5.41) is 4.57. The van der Waals surface area contributed by atoms with Crippen molar-refractivity contribution < 1.29 is 9.53 Å². The number of anilines is 1. The molecule has 100 valence electrons. The molecular formula is C11H10Cl2N4O2. The van der Waals surface area contributed by atoms with E-state index >= 15 is 0 Å². The number of halogens is 2. The van der Waals surface area contributed by atoms with Crippen molar-refractivity contribution in [1.29, 1.82) is 0 Å². The average molecular weight is 301 g/mol. The van der Waals surface area contributed by atoms with Gasteiger partial charge in [0.05, 0.1) is 10.0 Å². The summed E-state index contributed by atoms with van der Waals surface area (Å²) in [7, 11) is 0. The number of nitrogens with two attached hydrogens (primary N) is 1. The molecule has 0 aliphatic heterocycles. The lowest BCUT2D eigenvalue weighted by Crippen LogP contribution is -2.14. The van der Waals surface area contributed by atoms with Gasteiger partial charge in [0.25, 0.3) is 0 Å². The smallest absolute Gasteiger partial charge is 0.328 e. The molecule has 6 nitrogen and oxygen atoms in total. The molecule has 0 spiro atoms.